The van der Waals surface area contributed by atoms with Gasteiger partial charge in [-0.15, -0.1) is 0 Å². The van der Waals surface area contributed by atoms with Gasteiger partial charge in [0.15, 0.2) is 23.1 Å². The Bertz CT molecular complexity index is 1500. The second-order valence-corrected chi connectivity index (χ2v) is 10.0. The molecule has 5 heteroatoms. The van der Waals surface area contributed by atoms with E-state index in [9.17, 15) is 9.59 Å². The molecule has 0 amide bonds. The Balaban J connectivity index is 1.55. The molecule has 3 aromatic carbocycles. The normalized spacial score (nSPS) is 18.4. The summed E-state index contributed by atoms with van der Waals surface area (Å²) in [6.45, 7) is 6.44. The number of allylic oxidation sites excluding steroid dienone is 3. The Morgan fingerprint density at radius 1 is 0.886 bits per heavy atom. The van der Waals surface area contributed by atoms with Crippen molar-refractivity contribution in [3.8, 4) is 5.75 Å². The molecule has 2 aliphatic carbocycles. The van der Waals surface area contributed by atoms with E-state index in [-0.39, 0.29) is 17.0 Å². The van der Waals surface area contributed by atoms with Gasteiger partial charge in [-0.25, -0.2) is 4.99 Å². The number of para-hydroxylation sites is 1. The molecule has 0 radical (unpaired) electrons. The van der Waals surface area contributed by atoms with Crippen molar-refractivity contribution >= 4 is 28.7 Å². The van der Waals surface area contributed by atoms with Crippen molar-refractivity contribution in [2.45, 2.75) is 26.2 Å². The van der Waals surface area contributed by atoms with Gasteiger partial charge in [0, 0.05) is 28.5 Å². The summed E-state index contributed by atoms with van der Waals surface area (Å²) in [7, 11) is 0. The van der Waals surface area contributed by atoms with Crippen LogP contribution in [0.2, 0.25) is 0 Å². The van der Waals surface area contributed by atoms with Crippen molar-refractivity contribution in [3.05, 3.63) is 113 Å². The number of hydrogen-bond donors (Lipinski definition) is 1. The quantitative estimate of drug-likeness (QED) is 0.480. The summed E-state index contributed by atoms with van der Waals surface area (Å²) in [5.41, 5.74) is 4.82. The van der Waals surface area contributed by atoms with Crippen molar-refractivity contribution in [2.75, 3.05) is 5.32 Å². The van der Waals surface area contributed by atoms with Crippen LogP contribution in [0.1, 0.15) is 47.1 Å². The smallest absolute Gasteiger partial charge is 0.192 e. The van der Waals surface area contributed by atoms with Crippen molar-refractivity contribution < 1.29 is 14.3 Å². The number of ether oxygens (including phenoxy) is 1. The van der Waals surface area contributed by atoms with Crippen LogP contribution in [0.25, 0.3) is 0 Å². The third kappa shape index (κ3) is 3.43. The van der Waals surface area contributed by atoms with E-state index >= 15 is 0 Å². The number of benzene rings is 3. The van der Waals surface area contributed by atoms with Gasteiger partial charge in [0.2, 0.25) is 0 Å². The molecule has 0 aromatic heterocycles. The van der Waals surface area contributed by atoms with Gasteiger partial charge in [0.1, 0.15) is 5.69 Å². The Kier molecular flexibility index (Phi) is 4.65. The van der Waals surface area contributed by atoms with Gasteiger partial charge in [-0.05, 0) is 35.2 Å². The Morgan fingerprint density at radius 2 is 1.60 bits per heavy atom. The van der Waals surface area contributed by atoms with Crippen LogP contribution in [-0.4, -0.2) is 17.3 Å². The SMILES string of the molecule is CC(C)(C)c1ccc2c(c1)OC1=CC(Nc3ccccc3)=C3C(=O)c4ccccc4C(=O)C3C1=N2. The average Bonchev–Trinajstić information content (AvgIpc) is 2.85. The van der Waals surface area contributed by atoms with Crippen LogP contribution in [0.4, 0.5) is 11.4 Å². The van der Waals surface area contributed by atoms with E-state index in [2.05, 4.69) is 26.1 Å². The lowest BCUT2D eigenvalue weighted by Gasteiger charge is -2.34. The number of rotatable bonds is 2. The highest BCUT2D eigenvalue weighted by Crippen LogP contribution is 2.44. The lowest BCUT2D eigenvalue weighted by atomic mass is 9.72. The molecule has 3 aliphatic rings. The summed E-state index contributed by atoms with van der Waals surface area (Å²) in [5.74, 6) is -0.0268. The summed E-state index contributed by atoms with van der Waals surface area (Å²) in [6, 6.07) is 22.5. The molecule has 5 nitrogen and oxygen atoms in total. The van der Waals surface area contributed by atoms with E-state index in [1.165, 1.54) is 0 Å². The first kappa shape index (κ1) is 21.3. The number of aliphatic imine (C=N–C) groups is 1. The monoisotopic (exact) mass is 460 g/mol. The van der Waals surface area contributed by atoms with Gasteiger partial charge in [-0.3, -0.25) is 9.59 Å². The fourth-order valence-corrected chi connectivity index (χ4v) is 4.81. The molecule has 1 unspecified atom stereocenters. The maximum absolute atomic E-state index is 13.8. The minimum atomic E-state index is -0.834. The molecule has 0 fully saturated rings. The Labute approximate surface area is 203 Å². The maximum atomic E-state index is 13.8. The predicted molar refractivity (Wildman–Crippen MR) is 137 cm³/mol. The standard InChI is InChI=1S/C30H24N2O3/c1-30(2,3)17-13-14-21-23(15-17)35-24-16-22(31-18-9-5-4-6-10-18)25-26(27(24)32-21)29(34)20-12-8-7-11-19(20)28(25)33/h4-16,26,31H,1-3H3. The van der Waals surface area contributed by atoms with Crippen LogP contribution in [0.15, 0.2) is 101 Å². The number of ketones is 2. The third-order valence-electron chi connectivity index (χ3n) is 6.66. The first-order valence-corrected chi connectivity index (χ1v) is 11.7. The van der Waals surface area contributed by atoms with E-state index in [1.54, 1.807) is 30.3 Å². The number of nitrogens with zero attached hydrogens (tertiary/aromatic N) is 1. The lowest BCUT2D eigenvalue weighted by Crippen LogP contribution is -2.41. The molecule has 3 aromatic rings. The summed E-state index contributed by atoms with van der Waals surface area (Å²) < 4.78 is 6.35. The molecule has 1 aliphatic heterocycles. The molecule has 35 heavy (non-hydrogen) atoms. The number of carbonyl (C=O) groups is 2. The molecule has 0 spiro atoms. The molecule has 0 saturated heterocycles. The van der Waals surface area contributed by atoms with Crippen LogP contribution in [0, 0.1) is 5.92 Å². The van der Waals surface area contributed by atoms with Gasteiger partial charge in [0.25, 0.3) is 0 Å². The predicted octanol–water partition coefficient (Wildman–Crippen LogP) is 6.41. The number of fused-ring (bicyclic) bond motifs is 5. The van der Waals surface area contributed by atoms with Crippen LogP contribution in [0.5, 0.6) is 5.75 Å². The van der Waals surface area contributed by atoms with Crippen LogP contribution in [-0.2, 0) is 5.41 Å². The molecule has 0 saturated carbocycles. The zero-order chi connectivity index (χ0) is 24.3. The number of hydrogen-bond acceptors (Lipinski definition) is 5. The molecule has 172 valence electrons. The van der Waals surface area contributed by atoms with Crippen molar-refractivity contribution in [3.63, 3.8) is 0 Å². The fraction of sp³-hybridized carbons (Fsp3) is 0.167. The molecule has 1 heterocycles. The molecular formula is C30H24N2O3. The first-order chi connectivity index (χ1) is 16.8. The van der Waals surface area contributed by atoms with Crippen LogP contribution < -0.4 is 10.1 Å². The number of carbonyl (C=O) groups excluding carboxylic acids is 2. The van der Waals surface area contributed by atoms with Crippen LogP contribution >= 0.6 is 0 Å². The first-order valence-electron chi connectivity index (χ1n) is 11.7. The van der Waals surface area contributed by atoms with E-state index in [0.29, 0.717) is 45.3 Å². The zero-order valence-electron chi connectivity index (χ0n) is 19.8. The maximum Gasteiger partial charge on any atom is 0.192 e. The largest absolute Gasteiger partial charge is 0.453 e. The summed E-state index contributed by atoms with van der Waals surface area (Å²) in [6.07, 6.45) is 1.80. The molecule has 0 bridgehead atoms. The highest BCUT2D eigenvalue weighted by atomic mass is 16.5. The van der Waals surface area contributed by atoms with Gasteiger partial charge >= 0.3 is 0 Å². The molecule has 1 N–H and O–H groups in total. The average molecular weight is 461 g/mol. The lowest BCUT2D eigenvalue weighted by molar-refractivity contribution is 0.0909. The zero-order valence-corrected chi connectivity index (χ0v) is 19.8. The molecule has 6 rings (SSSR count). The highest BCUT2D eigenvalue weighted by Gasteiger charge is 2.46. The molecule has 1 atom stereocenters. The number of anilines is 1. The van der Waals surface area contributed by atoms with E-state index in [1.807, 2.05) is 48.5 Å². The topological polar surface area (TPSA) is 67.8 Å². The van der Waals surface area contributed by atoms with Gasteiger partial charge in [-0.1, -0.05) is 69.3 Å². The van der Waals surface area contributed by atoms with Crippen LogP contribution in [0.3, 0.4) is 0 Å². The van der Waals surface area contributed by atoms with E-state index in [4.69, 9.17) is 9.73 Å². The fourth-order valence-electron chi connectivity index (χ4n) is 4.81. The third-order valence-corrected chi connectivity index (χ3v) is 6.66. The number of nitrogens with one attached hydrogen (secondary N) is 1. The second kappa shape index (κ2) is 7.64. The van der Waals surface area contributed by atoms with Crippen molar-refractivity contribution in [2.24, 2.45) is 10.9 Å². The van der Waals surface area contributed by atoms with Gasteiger partial charge in [-0.2, -0.15) is 0 Å². The van der Waals surface area contributed by atoms with Gasteiger partial charge < -0.3 is 10.1 Å². The Hall–Kier alpha value is -4.25. The van der Waals surface area contributed by atoms with Gasteiger partial charge in [0.05, 0.1) is 17.3 Å². The van der Waals surface area contributed by atoms with E-state index in [0.717, 1.165) is 11.3 Å². The minimum absolute atomic E-state index is 0.0497. The minimum Gasteiger partial charge on any atom is -0.453 e. The van der Waals surface area contributed by atoms with Crippen molar-refractivity contribution in [1.29, 1.82) is 0 Å². The second-order valence-electron chi connectivity index (χ2n) is 10.0. The molecular weight excluding hydrogens is 436 g/mol. The number of Topliss-reactive ketones (excluding diaryl/α,β-unsaturated/α-hetero) is 2. The summed E-state index contributed by atoms with van der Waals surface area (Å²) in [4.78, 5) is 32.3. The summed E-state index contributed by atoms with van der Waals surface area (Å²) >= 11 is 0. The van der Waals surface area contributed by atoms with E-state index < -0.39 is 5.92 Å². The van der Waals surface area contributed by atoms with Crippen molar-refractivity contribution in [1.82, 2.24) is 0 Å². The highest BCUT2D eigenvalue weighted by molar-refractivity contribution is 6.33. The summed E-state index contributed by atoms with van der Waals surface area (Å²) in [5, 5.41) is 3.35. The Morgan fingerprint density at radius 3 is 2.34 bits per heavy atom.